The standard InChI is InChI=1S/C16H25N3/c1-12-8-13(2)10-14(9-12)11-18-15-6-5-7-17-16(15)19(3)4/h5-8,12,14,18H,9-11H2,1-4H3. The molecule has 1 aromatic heterocycles. The summed E-state index contributed by atoms with van der Waals surface area (Å²) < 4.78 is 0. The first kappa shape index (κ1) is 13.9. The smallest absolute Gasteiger partial charge is 0.151 e. The molecule has 1 aliphatic carbocycles. The van der Waals surface area contributed by atoms with Crippen LogP contribution in [0.2, 0.25) is 0 Å². The second kappa shape index (κ2) is 6.09. The van der Waals surface area contributed by atoms with E-state index in [0.717, 1.165) is 24.0 Å². The first-order chi connectivity index (χ1) is 9.06. The van der Waals surface area contributed by atoms with Gasteiger partial charge in [-0.05, 0) is 43.7 Å². The summed E-state index contributed by atoms with van der Waals surface area (Å²) in [4.78, 5) is 6.48. The molecule has 3 heteroatoms. The maximum absolute atomic E-state index is 4.42. The minimum absolute atomic E-state index is 0.711. The molecule has 1 N–H and O–H groups in total. The van der Waals surface area contributed by atoms with Crippen molar-refractivity contribution >= 4 is 11.5 Å². The lowest BCUT2D eigenvalue weighted by molar-refractivity contribution is 0.421. The van der Waals surface area contributed by atoms with Gasteiger partial charge in [0.25, 0.3) is 0 Å². The highest BCUT2D eigenvalue weighted by Gasteiger charge is 2.18. The van der Waals surface area contributed by atoms with Gasteiger partial charge < -0.3 is 10.2 Å². The van der Waals surface area contributed by atoms with Gasteiger partial charge in [-0.2, -0.15) is 0 Å². The fourth-order valence-corrected chi connectivity index (χ4v) is 2.99. The largest absolute Gasteiger partial charge is 0.382 e. The number of pyridine rings is 1. The third kappa shape index (κ3) is 3.72. The Morgan fingerprint density at radius 1 is 1.42 bits per heavy atom. The molecule has 1 heterocycles. The lowest BCUT2D eigenvalue weighted by Crippen LogP contribution is -2.21. The molecule has 1 aliphatic rings. The minimum atomic E-state index is 0.711. The maximum Gasteiger partial charge on any atom is 0.151 e. The Bertz CT molecular complexity index is 451. The summed E-state index contributed by atoms with van der Waals surface area (Å²) in [5.41, 5.74) is 2.66. The summed E-state index contributed by atoms with van der Waals surface area (Å²) in [6.45, 7) is 5.59. The second-order valence-corrected chi connectivity index (χ2v) is 5.95. The van der Waals surface area contributed by atoms with E-state index in [1.54, 1.807) is 0 Å². The van der Waals surface area contributed by atoms with E-state index in [1.807, 2.05) is 26.4 Å². The van der Waals surface area contributed by atoms with Crippen molar-refractivity contribution in [3.63, 3.8) is 0 Å². The fourth-order valence-electron chi connectivity index (χ4n) is 2.99. The van der Waals surface area contributed by atoms with Gasteiger partial charge in [-0.15, -0.1) is 0 Å². The molecule has 0 radical (unpaired) electrons. The first-order valence-corrected chi connectivity index (χ1v) is 7.09. The predicted molar refractivity (Wildman–Crippen MR) is 82.7 cm³/mol. The van der Waals surface area contributed by atoms with Crippen molar-refractivity contribution in [2.24, 2.45) is 11.8 Å². The van der Waals surface area contributed by atoms with E-state index < -0.39 is 0 Å². The summed E-state index contributed by atoms with van der Waals surface area (Å²) in [5, 5.41) is 3.57. The molecule has 2 atom stereocenters. The van der Waals surface area contributed by atoms with Gasteiger partial charge in [-0.3, -0.25) is 0 Å². The zero-order valence-electron chi connectivity index (χ0n) is 12.5. The van der Waals surface area contributed by atoms with Crippen LogP contribution in [-0.4, -0.2) is 25.6 Å². The lowest BCUT2D eigenvalue weighted by Gasteiger charge is -2.26. The number of rotatable bonds is 4. The number of aromatic nitrogens is 1. The van der Waals surface area contributed by atoms with Crippen LogP contribution in [0.5, 0.6) is 0 Å². The Hall–Kier alpha value is -1.51. The maximum atomic E-state index is 4.42. The molecule has 2 unspecified atom stereocenters. The van der Waals surface area contributed by atoms with Crippen molar-refractivity contribution in [3.8, 4) is 0 Å². The van der Waals surface area contributed by atoms with Crippen molar-refractivity contribution in [2.75, 3.05) is 30.9 Å². The van der Waals surface area contributed by atoms with Crippen LogP contribution in [0.4, 0.5) is 11.5 Å². The molecule has 0 spiro atoms. The molecule has 104 valence electrons. The van der Waals surface area contributed by atoms with E-state index >= 15 is 0 Å². The number of anilines is 2. The average Bonchev–Trinajstić information content (AvgIpc) is 2.35. The van der Waals surface area contributed by atoms with Crippen LogP contribution in [-0.2, 0) is 0 Å². The lowest BCUT2D eigenvalue weighted by atomic mass is 9.84. The van der Waals surface area contributed by atoms with Crippen LogP contribution in [0.3, 0.4) is 0 Å². The summed E-state index contributed by atoms with van der Waals surface area (Å²) in [6, 6.07) is 4.10. The van der Waals surface area contributed by atoms with E-state index in [2.05, 4.69) is 41.2 Å². The van der Waals surface area contributed by atoms with Crippen molar-refractivity contribution in [2.45, 2.75) is 26.7 Å². The number of hydrogen-bond acceptors (Lipinski definition) is 3. The Labute approximate surface area is 116 Å². The third-order valence-corrected chi connectivity index (χ3v) is 3.68. The molecule has 0 fully saturated rings. The highest BCUT2D eigenvalue weighted by atomic mass is 15.2. The van der Waals surface area contributed by atoms with Crippen molar-refractivity contribution in [1.82, 2.24) is 4.98 Å². The summed E-state index contributed by atoms with van der Waals surface area (Å²) in [7, 11) is 4.06. The monoisotopic (exact) mass is 259 g/mol. The van der Waals surface area contributed by atoms with Gasteiger partial charge in [-0.1, -0.05) is 18.6 Å². The van der Waals surface area contributed by atoms with Crippen LogP contribution in [0, 0.1) is 11.8 Å². The quantitative estimate of drug-likeness (QED) is 0.838. The number of allylic oxidation sites excluding steroid dienone is 2. The van der Waals surface area contributed by atoms with Gasteiger partial charge in [0.1, 0.15) is 0 Å². The SMILES string of the molecule is CC1=CC(C)CC(CNc2cccnc2N(C)C)C1. The highest BCUT2D eigenvalue weighted by molar-refractivity contribution is 5.64. The van der Waals surface area contributed by atoms with E-state index in [1.165, 1.54) is 18.4 Å². The summed E-state index contributed by atoms with van der Waals surface area (Å²) >= 11 is 0. The summed E-state index contributed by atoms with van der Waals surface area (Å²) in [6.07, 6.45) is 6.75. The third-order valence-electron chi connectivity index (χ3n) is 3.68. The van der Waals surface area contributed by atoms with E-state index in [9.17, 15) is 0 Å². The molecule has 0 aliphatic heterocycles. The highest BCUT2D eigenvalue weighted by Crippen LogP contribution is 2.29. The fraction of sp³-hybridized carbons (Fsp3) is 0.562. The molecule has 0 saturated heterocycles. The van der Waals surface area contributed by atoms with Crippen LogP contribution >= 0.6 is 0 Å². The first-order valence-electron chi connectivity index (χ1n) is 7.09. The van der Waals surface area contributed by atoms with Crippen molar-refractivity contribution in [1.29, 1.82) is 0 Å². The minimum Gasteiger partial charge on any atom is -0.382 e. The van der Waals surface area contributed by atoms with Crippen LogP contribution in [0.15, 0.2) is 30.0 Å². The van der Waals surface area contributed by atoms with Crippen LogP contribution in [0.1, 0.15) is 26.7 Å². The van der Waals surface area contributed by atoms with Gasteiger partial charge in [0.15, 0.2) is 5.82 Å². The predicted octanol–water partition coefficient (Wildman–Crippen LogP) is 3.55. The topological polar surface area (TPSA) is 28.2 Å². The zero-order chi connectivity index (χ0) is 13.8. The number of nitrogens with one attached hydrogen (secondary N) is 1. The normalized spacial score (nSPS) is 22.8. The Balaban J connectivity index is 1.98. The van der Waals surface area contributed by atoms with Crippen molar-refractivity contribution in [3.05, 3.63) is 30.0 Å². The van der Waals surface area contributed by atoms with E-state index in [0.29, 0.717) is 5.92 Å². The van der Waals surface area contributed by atoms with Gasteiger partial charge in [0.05, 0.1) is 5.69 Å². The molecule has 0 bridgehead atoms. The molecule has 19 heavy (non-hydrogen) atoms. The van der Waals surface area contributed by atoms with E-state index in [-0.39, 0.29) is 0 Å². The molecule has 1 aromatic rings. The Morgan fingerprint density at radius 3 is 2.89 bits per heavy atom. The van der Waals surface area contributed by atoms with Gasteiger partial charge in [-0.25, -0.2) is 4.98 Å². The molecule has 0 amide bonds. The molecule has 2 rings (SSSR count). The van der Waals surface area contributed by atoms with Gasteiger partial charge in [0, 0.05) is 26.8 Å². The van der Waals surface area contributed by atoms with E-state index in [4.69, 9.17) is 0 Å². The Kier molecular flexibility index (Phi) is 4.46. The average molecular weight is 259 g/mol. The molecular formula is C16H25N3. The van der Waals surface area contributed by atoms with Crippen molar-refractivity contribution < 1.29 is 0 Å². The Morgan fingerprint density at radius 2 is 2.21 bits per heavy atom. The summed E-state index contributed by atoms with van der Waals surface area (Å²) in [5.74, 6) is 2.46. The van der Waals surface area contributed by atoms with Gasteiger partial charge in [0.2, 0.25) is 0 Å². The number of hydrogen-bond donors (Lipinski definition) is 1. The van der Waals surface area contributed by atoms with Crippen LogP contribution in [0.25, 0.3) is 0 Å². The molecule has 0 saturated carbocycles. The number of nitrogens with zero attached hydrogens (tertiary/aromatic N) is 2. The molecule has 0 aromatic carbocycles. The molecule has 3 nitrogen and oxygen atoms in total. The second-order valence-electron chi connectivity index (χ2n) is 5.95. The van der Waals surface area contributed by atoms with Crippen LogP contribution < -0.4 is 10.2 Å². The van der Waals surface area contributed by atoms with Gasteiger partial charge >= 0.3 is 0 Å². The zero-order valence-corrected chi connectivity index (χ0v) is 12.5. The molecular weight excluding hydrogens is 234 g/mol.